The van der Waals surface area contributed by atoms with Gasteiger partial charge in [0.25, 0.3) is 0 Å². The second-order valence-electron chi connectivity index (χ2n) is 2.54. The van der Waals surface area contributed by atoms with Gasteiger partial charge in [-0.15, -0.1) is 0 Å². The van der Waals surface area contributed by atoms with Crippen molar-refractivity contribution in [2.45, 2.75) is 20.3 Å². The Labute approximate surface area is 70.4 Å². The number of aryl methyl sites for hydroxylation is 1. The van der Waals surface area contributed by atoms with E-state index in [1.165, 1.54) is 12.1 Å². The lowest BCUT2D eigenvalue weighted by atomic mass is 10.2. The van der Waals surface area contributed by atoms with E-state index in [0.717, 1.165) is 0 Å². The van der Waals surface area contributed by atoms with Gasteiger partial charge in [-0.1, -0.05) is 6.92 Å². The summed E-state index contributed by atoms with van der Waals surface area (Å²) >= 11 is 0. The zero-order valence-electron chi connectivity index (χ0n) is 7.10. The summed E-state index contributed by atoms with van der Waals surface area (Å²) in [6, 6.07) is 2.68. The number of pyridine rings is 1. The topological polar surface area (TPSA) is 30.0 Å². The molecule has 1 rings (SSSR count). The summed E-state index contributed by atoms with van der Waals surface area (Å²) in [6.45, 7) is 3.30. The van der Waals surface area contributed by atoms with Crippen LogP contribution >= 0.6 is 0 Å². The summed E-state index contributed by atoms with van der Waals surface area (Å²) in [5.74, 6) is -0.430. The first-order valence-corrected chi connectivity index (χ1v) is 3.81. The number of rotatable bonds is 2. The Hall–Kier alpha value is -1.25. The number of Topliss-reactive ketones (excluding diaryl/α,β-unsaturated/α-hetero) is 1. The van der Waals surface area contributed by atoms with Crippen molar-refractivity contribution in [3.8, 4) is 0 Å². The Morgan fingerprint density at radius 2 is 2.25 bits per heavy atom. The monoisotopic (exact) mass is 167 g/mol. The van der Waals surface area contributed by atoms with Gasteiger partial charge in [-0.3, -0.25) is 4.79 Å². The second-order valence-corrected chi connectivity index (χ2v) is 2.54. The minimum absolute atomic E-state index is 0.0573. The maximum Gasteiger partial charge on any atom is 0.180 e. The molecule has 1 aromatic heterocycles. The Balaban J connectivity index is 3.05. The third-order valence-electron chi connectivity index (χ3n) is 1.63. The highest BCUT2D eigenvalue weighted by atomic mass is 19.1. The minimum atomic E-state index is -0.373. The normalized spacial score (nSPS) is 9.92. The number of ketones is 1. The Bertz CT molecular complexity index is 309. The zero-order valence-corrected chi connectivity index (χ0v) is 7.10. The number of nitrogens with zero attached hydrogens (tertiary/aromatic N) is 1. The van der Waals surface area contributed by atoms with Gasteiger partial charge in [-0.2, -0.15) is 0 Å². The summed E-state index contributed by atoms with van der Waals surface area (Å²) in [5, 5.41) is 0. The first-order chi connectivity index (χ1) is 5.65. The lowest BCUT2D eigenvalue weighted by Gasteiger charge is -1.98. The molecule has 0 bridgehead atoms. The van der Waals surface area contributed by atoms with Crippen LogP contribution in [0.5, 0.6) is 0 Å². The number of halogens is 1. The molecule has 0 unspecified atom stereocenters. The van der Waals surface area contributed by atoms with Crippen LogP contribution in [0, 0.1) is 12.7 Å². The van der Waals surface area contributed by atoms with Crippen LogP contribution in [0.15, 0.2) is 12.1 Å². The van der Waals surface area contributed by atoms with Crippen molar-refractivity contribution in [2.24, 2.45) is 0 Å². The van der Waals surface area contributed by atoms with Gasteiger partial charge in [-0.25, -0.2) is 9.37 Å². The standard InChI is InChI=1S/C9H10FNO/c1-3-9(12)8-5-4-7(10)6(2)11-8/h4-5H,3H2,1-2H3. The van der Waals surface area contributed by atoms with Gasteiger partial charge >= 0.3 is 0 Å². The van der Waals surface area contributed by atoms with Crippen molar-refractivity contribution in [1.29, 1.82) is 0 Å². The Morgan fingerprint density at radius 3 is 2.75 bits per heavy atom. The van der Waals surface area contributed by atoms with Gasteiger partial charge < -0.3 is 0 Å². The van der Waals surface area contributed by atoms with Crippen LogP contribution in [0.3, 0.4) is 0 Å². The molecular weight excluding hydrogens is 157 g/mol. The average Bonchev–Trinajstić information content (AvgIpc) is 2.08. The predicted octanol–water partition coefficient (Wildman–Crippen LogP) is 2.12. The van der Waals surface area contributed by atoms with E-state index in [9.17, 15) is 9.18 Å². The summed E-state index contributed by atoms with van der Waals surface area (Å²) in [5.41, 5.74) is 0.616. The fourth-order valence-corrected chi connectivity index (χ4v) is 0.880. The van der Waals surface area contributed by atoms with Crippen molar-refractivity contribution in [3.63, 3.8) is 0 Å². The van der Waals surface area contributed by atoms with Gasteiger partial charge in [-0.05, 0) is 19.1 Å². The van der Waals surface area contributed by atoms with Crippen molar-refractivity contribution in [1.82, 2.24) is 4.98 Å². The molecule has 1 aromatic rings. The van der Waals surface area contributed by atoms with Crippen LogP contribution in [0.1, 0.15) is 29.5 Å². The molecule has 0 aliphatic rings. The number of carbonyl (C=O) groups is 1. The van der Waals surface area contributed by atoms with Gasteiger partial charge in [0, 0.05) is 6.42 Å². The van der Waals surface area contributed by atoms with Crippen LogP contribution in [0.4, 0.5) is 4.39 Å². The molecule has 2 nitrogen and oxygen atoms in total. The quantitative estimate of drug-likeness (QED) is 0.631. The summed E-state index contributed by atoms with van der Waals surface area (Å²) < 4.78 is 12.7. The zero-order chi connectivity index (χ0) is 9.14. The van der Waals surface area contributed by atoms with Crippen LogP contribution in [0.2, 0.25) is 0 Å². The first-order valence-electron chi connectivity index (χ1n) is 3.81. The Kier molecular flexibility index (Phi) is 2.53. The molecular formula is C9H10FNO. The number of hydrogen-bond donors (Lipinski definition) is 0. The fraction of sp³-hybridized carbons (Fsp3) is 0.333. The van der Waals surface area contributed by atoms with E-state index in [1.807, 2.05) is 0 Å². The molecule has 0 aromatic carbocycles. The molecule has 0 radical (unpaired) electrons. The van der Waals surface area contributed by atoms with Gasteiger partial charge in [0.05, 0.1) is 5.69 Å². The molecule has 0 aliphatic carbocycles. The van der Waals surface area contributed by atoms with Crippen molar-refractivity contribution >= 4 is 5.78 Å². The lowest BCUT2D eigenvalue weighted by molar-refractivity contribution is 0.0983. The second kappa shape index (κ2) is 3.43. The van der Waals surface area contributed by atoms with E-state index < -0.39 is 0 Å². The largest absolute Gasteiger partial charge is 0.292 e. The molecule has 0 amide bonds. The summed E-state index contributed by atoms with van der Waals surface area (Å²) in [6.07, 6.45) is 0.401. The minimum Gasteiger partial charge on any atom is -0.292 e. The van der Waals surface area contributed by atoms with Crippen molar-refractivity contribution in [3.05, 3.63) is 29.3 Å². The molecule has 64 valence electrons. The summed E-state index contributed by atoms with van der Waals surface area (Å²) in [4.78, 5) is 14.9. The molecule has 0 saturated carbocycles. The molecule has 0 aliphatic heterocycles. The van der Waals surface area contributed by atoms with E-state index >= 15 is 0 Å². The molecule has 12 heavy (non-hydrogen) atoms. The molecule has 0 spiro atoms. The maximum atomic E-state index is 12.7. The first kappa shape index (κ1) is 8.84. The fourth-order valence-electron chi connectivity index (χ4n) is 0.880. The SMILES string of the molecule is CCC(=O)c1ccc(F)c(C)n1. The highest BCUT2D eigenvalue weighted by Crippen LogP contribution is 2.05. The Morgan fingerprint density at radius 1 is 1.58 bits per heavy atom. The van der Waals surface area contributed by atoms with Crippen LogP contribution < -0.4 is 0 Å². The molecule has 3 heteroatoms. The summed E-state index contributed by atoms with van der Waals surface area (Å²) in [7, 11) is 0. The third kappa shape index (κ3) is 1.67. The highest BCUT2D eigenvalue weighted by Gasteiger charge is 2.06. The third-order valence-corrected chi connectivity index (χ3v) is 1.63. The number of aromatic nitrogens is 1. The van der Waals surface area contributed by atoms with E-state index in [4.69, 9.17) is 0 Å². The van der Waals surface area contributed by atoms with Crippen molar-refractivity contribution in [2.75, 3.05) is 0 Å². The molecule has 0 atom stereocenters. The van der Waals surface area contributed by atoms with Gasteiger partial charge in [0.1, 0.15) is 11.5 Å². The van der Waals surface area contributed by atoms with E-state index in [-0.39, 0.29) is 17.3 Å². The maximum absolute atomic E-state index is 12.7. The van der Waals surface area contributed by atoms with Crippen molar-refractivity contribution < 1.29 is 9.18 Å². The van der Waals surface area contributed by atoms with Crippen LogP contribution in [-0.4, -0.2) is 10.8 Å². The predicted molar refractivity (Wildman–Crippen MR) is 43.6 cm³/mol. The molecule has 0 fully saturated rings. The lowest BCUT2D eigenvalue weighted by Crippen LogP contribution is -2.02. The number of carbonyl (C=O) groups excluding carboxylic acids is 1. The van der Waals surface area contributed by atoms with E-state index in [2.05, 4.69) is 4.98 Å². The van der Waals surface area contributed by atoms with Crippen LogP contribution in [0.25, 0.3) is 0 Å². The van der Waals surface area contributed by atoms with E-state index in [1.54, 1.807) is 13.8 Å². The van der Waals surface area contributed by atoms with E-state index in [0.29, 0.717) is 12.1 Å². The average molecular weight is 167 g/mol. The smallest absolute Gasteiger partial charge is 0.180 e. The van der Waals surface area contributed by atoms with Crippen LogP contribution in [-0.2, 0) is 0 Å². The molecule has 0 N–H and O–H groups in total. The van der Waals surface area contributed by atoms with Gasteiger partial charge in [0.15, 0.2) is 5.78 Å². The highest BCUT2D eigenvalue weighted by molar-refractivity contribution is 5.93. The van der Waals surface area contributed by atoms with Gasteiger partial charge in [0.2, 0.25) is 0 Å². The molecule has 0 saturated heterocycles. The molecule has 1 heterocycles. The number of hydrogen-bond acceptors (Lipinski definition) is 2.